The number of guanidine groups is 1. The van der Waals surface area contributed by atoms with Crippen molar-refractivity contribution in [2.45, 2.75) is 57.1 Å². The summed E-state index contributed by atoms with van der Waals surface area (Å²) in [5, 5.41) is 25.4. The Morgan fingerprint density at radius 2 is 1.71 bits per heavy atom. The summed E-state index contributed by atoms with van der Waals surface area (Å²) in [6, 6.07) is 10.2. The van der Waals surface area contributed by atoms with Gasteiger partial charge in [0.1, 0.15) is 11.6 Å². The highest BCUT2D eigenvalue weighted by atomic mass is 32.2. The molecule has 0 aromatic heterocycles. The van der Waals surface area contributed by atoms with E-state index in [1.165, 1.54) is 36.4 Å². The van der Waals surface area contributed by atoms with Gasteiger partial charge in [-0.3, -0.25) is 15.1 Å². The molecular formula is C24H31N5O8S. The minimum atomic E-state index is -4.04. The van der Waals surface area contributed by atoms with Crippen molar-refractivity contribution in [1.82, 2.24) is 10.0 Å². The molecule has 1 amide bonds. The first-order chi connectivity index (χ1) is 17.7. The molecule has 14 heteroatoms. The summed E-state index contributed by atoms with van der Waals surface area (Å²) >= 11 is 0. The van der Waals surface area contributed by atoms with Crippen molar-refractivity contribution in [2.75, 3.05) is 11.9 Å². The van der Waals surface area contributed by atoms with Gasteiger partial charge < -0.3 is 20.5 Å². The Balaban J connectivity index is 2.16. The second-order valence-electron chi connectivity index (χ2n) is 9.26. The van der Waals surface area contributed by atoms with Crippen LogP contribution in [-0.2, 0) is 19.6 Å². The lowest BCUT2D eigenvalue weighted by atomic mass is 10.1. The van der Waals surface area contributed by atoms with Gasteiger partial charge >= 0.3 is 12.1 Å². The van der Waals surface area contributed by atoms with Crippen LogP contribution < -0.4 is 15.4 Å². The number of aliphatic imine (C=N–C) groups is 1. The normalized spacial score (nSPS) is 12.8. The standard InChI is InChI=1S/C24H31N5O8S/c1-16-7-13-19(14-8-16)38(35,36)28-22(26-17-9-11-18(12-10-17)29(33)34)25-15-5-6-20(21(30)31)27-23(32)37-24(2,3)4/h7-14,20H,5-6,15H2,1-4H3,(H,27,32)(H,30,31)(H2,25,26,28)/t20-/m0/s1. The number of amides is 1. The number of nitro groups is 1. The fourth-order valence-electron chi connectivity index (χ4n) is 3.00. The van der Waals surface area contributed by atoms with Crippen molar-refractivity contribution in [3.8, 4) is 0 Å². The van der Waals surface area contributed by atoms with Crippen LogP contribution in [0.2, 0.25) is 0 Å². The number of aryl methyl sites for hydroxylation is 1. The Kier molecular flexibility index (Phi) is 10.2. The zero-order valence-corrected chi connectivity index (χ0v) is 22.2. The van der Waals surface area contributed by atoms with Crippen LogP contribution in [0, 0.1) is 17.0 Å². The summed E-state index contributed by atoms with van der Waals surface area (Å²) < 4.78 is 33.2. The van der Waals surface area contributed by atoms with Crippen LogP contribution in [0.25, 0.3) is 0 Å². The lowest BCUT2D eigenvalue weighted by Gasteiger charge is -2.21. The number of carboxylic acid groups (broad SMARTS) is 1. The Morgan fingerprint density at radius 3 is 2.24 bits per heavy atom. The largest absolute Gasteiger partial charge is 0.480 e. The van der Waals surface area contributed by atoms with Gasteiger partial charge in [0.05, 0.1) is 9.82 Å². The second kappa shape index (κ2) is 12.9. The average molecular weight is 550 g/mol. The SMILES string of the molecule is Cc1ccc(S(=O)(=O)NC(=NCCC[C@H](NC(=O)OC(C)(C)C)C(=O)O)Nc2ccc([N+](=O)[O-])cc2)cc1. The van der Waals surface area contributed by atoms with Crippen molar-refractivity contribution in [2.24, 2.45) is 4.99 Å². The summed E-state index contributed by atoms with van der Waals surface area (Å²) in [5.74, 6) is -1.43. The number of nitro benzene ring substituents is 1. The van der Waals surface area contributed by atoms with E-state index in [4.69, 9.17) is 4.74 Å². The summed E-state index contributed by atoms with van der Waals surface area (Å²) in [7, 11) is -4.04. The number of carboxylic acids is 1. The quantitative estimate of drug-likeness (QED) is 0.113. The number of carbonyl (C=O) groups is 2. The maximum atomic E-state index is 12.9. The molecule has 2 rings (SSSR count). The monoisotopic (exact) mass is 549 g/mol. The topological polar surface area (TPSA) is 189 Å². The molecular weight excluding hydrogens is 518 g/mol. The Hall–Kier alpha value is -4.20. The highest BCUT2D eigenvalue weighted by molar-refractivity contribution is 7.90. The average Bonchev–Trinajstić information content (AvgIpc) is 2.80. The third-order valence-corrected chi connectivity index (χ3v) is 6.17. The van der Waals surface area contributed by atoms with Crippen molar-refractivity contribution in [1.29, 1.82) is 0 Å². The predicted octanol–water partition coefficient (Wildman–Crippen LogP) is 3.41. The third kappa shape index (κ3) is 10.0. The Bertz CT molecular complexity index is 1270. The van der Waals surface area contributed by atoms with E-state index in [1.54, 1.807) is 32.9 Å². The Morgan fingerprint density at radius 1 is 1.11 bits per heavy atom. The molecule has 0 fully saturated rings. The number of ether oxygens (including phenoxy) is 1. The minimum Gasteiger partial charge on any atom is -0.480 e. The number of sulfonamides is 1. The lowest BCUT2D eigenvalue weighted by Crippen LogP contribution is -2.43. The first-order valence-electron chi connectivity index (χ1n) is 11.5. The van der Waals surface area contributed by atoms with E-state index >= 15 is 0 Å². The molecule has 0 radical (unpaired) electrons. The fourth-order valence-corrected chi connectivity index (χ4v) is 3.98. The van der Waals surface area contributed by atoms with Gasteiger partial charge in [0.2, 0.25) is 5.96 Å². The molecule has 4 N–H and O–H groups in total. The van der Waals surface area contributed by atoms with E-state index < -0.39 is 38.7 Å². The Labute approximate surface area is 220 Å². The number of carbonyl (C=O) groups excluding carboxylic acids is 1. The number of nitrogens with zero attached hydrogens (tertiary/aromatic N) is 2. The maximum absolute atomic E-state index is 12.9. The molecule has 38 heavy (non-hydrogen) atoms. The molecule has 0 saturated carbocycles. The van der Waals surface area contributed by atoms with Crippen molar-refractivity contribution < 1.29 is 32.8 Å². The first kappa shape index (κ1) is 30.0. The zero-order chi connectivity index (χ0) is 28.5. The van der Waals surface area contributed by atoms with E-state index in [2.05, 4.69) is 20.3 Å². The number of rotatable bonds is 10. The van der Waals surface area contributed by atoms with Gasteiger partial charge in [-0.05, 0) is 64.8 Å². The molecule has 13 nitrogen and oxygen atoms in total. The van der Waals surface area contributed by atoms with Gasteiger partial charge in [0, 0.05) is 24.4 Å². The van der Waals surface area contributed by atoms with Crippen LogP contribution in [0.3, 0.4) is 0 Å². The molecule has 1 atom stereocenters. The molecule has 2 aromatic rings. The number of aliphatic carboxylic acids is 1. The fraction of sp³-hybridized carbons (Fsp3) is 0.375. The second-order valence-corrected chi connectivity index (χ2v) is 10.9. The van der Waals surface area contributed by atoms with E-state index in [9.17, 15) is 33.2 Å². The van der Waals surface area contributed by atoms with Crippen molar-refractivity contribution in [3.63, 3.8) is 0 Å². The molecule has 0 aliphatic heterocycles. The summed E-state index contributed by atoms with van der Waals surface area (Å²) in [6.45, 7) is 6.75. The van der Waals surface area contributed by atoms with E-state index in [0.29, 0.717) is 5.69 Å². The number of nitrogens with one attached hydrogen (secondary N) is 3. The highest BCUT2D eigenvalue weighted by Gasteiger charge is 2.24. The van der Waals surface area contributed by atoms with Gasteiger partial charge in [-0.2, -0.15) is 0 Å². The lowest BCUT2D eigenvalue weighted by molar-refractivity contribution is -0.384. The first-order valence-corrected chi connectivity index (χ1v) is 13.0. The van der Waals surface area contributed by atoms with Crippen molar-refractivity contribution >= 4 is 39.4 Å². The molecule has 0 unspecified atom stereocenters. The van der Waals surface area contributed by atoms with Crippen LogP contribution in [0.5, 0.6) is 0 Å². The molecule has 2 aromatic carbocycles. The van der Waals surface area contributed by atoms with E-state index in [1.807, 2.05) is 6.92 Å². The van der Waals surface area contributed by atoms with Crippen molar-refractivity contribution in [3.05, 3.63) is 64.2 Å². The number of benzene rings is 2. The highest BCUT2D eigenvalue weighted by Crippen LogP contribution is 2.16. The van der Waals surface area contributed by atoms with Crippen LogP contribution in [-0.4, -0.2) is 54.7 Å². The summed E-state index contributed by atoms with van der Waals surface area (Å²) in [4.78, 5) is 38.1. The van der Waals surface area contributed by atoms with Crippen LogP contribution >= 0.6 is 0 Å². The zero-order valence-electron chi connectivity index (χ0n) is 21.4. The molecule has 0 saturated heterocycles. The number of hydrogen-bond acceptors (Lipinski definition) is 8. The minimum absolute atomic E-state index is 0.00574. The molecule has 0 heterocycles. The van der Waals surface area contributed by atoms with E-state index in [0.717, 1.165) is 5.56 Å². The maximum Gasteiger partial charge on any atom is 0.408 e. The predicted molar refractivity (Wildman–Crippen MR) is 141 cm³/mol. The number of hydrogen-bond donors (Lipinski definition) is 4. The van der Waals surface area contributed by atoms with Crippen LogP contribution in [0.15, 0.2) is 58.4 Å². The molecule has 0 spiro atoms. The number of non-ortho nitro benzene ring substituents is 1. The van der Waals surface area contributed by atoms with Crippen LogP contribution in [0.4, 0.5) is 16.2 Å². The number of anilines is 1. The van der Waals surface area contributed by atoms with Crippen LogP contribution in [0.1, 0.15) is 39.2 Å². The van der Waals surface area contributed by atoms with Gasteiger partial charge in [-0.25, -0.2) is 22.7 Å². The van der Waals surface area contributed by atoms with Gasteiger partial charge in [-0.1, -0.05) is 17.7 Å². The molecule has 0 aliphatic rings. The summed E-state index contributed by atoms with van der Waals surface area (Å²) in [6.07, 6.45) is -0.710. The molecule has 0 aliphatic carbocycles. The third-order valence-electron chi connectivity index (χ3n) is 4.81. The van der Waals surface area contributed by atoms with E-state index in [-0.39, 0.29) is 35.9 Å². The van der Waals surface area contributed by atoms with Gasteiger partial charge in [0.25, 0.3) is 15.7 Å². The van der Waals surface area contributed by atoms with Gasteiger partial charge in [0.15, 0.2) is 0 Å². The molecule has 206 valence electrons. The van der Waals surface area contributed by atoms with Gasteiger partial charge in [-0.15, -0.1) is 0 Å². The number of alkyl carbamates (subject to hydrolysis) is 1. The smallest absolute Gasteiger partial charge is 0.408 e. The molecule has 0 bridgehead atoms. The summed E-state index contributed by atoms with van der Waals surface area (Å²) in [5.41, 5.74) is 0.252.